The van der Waals surface area contributed by atoms with Gasteiger partial charge >= 0.3 is 7.60 Å². The molecule has 31 heavy (non-hydrogen) atoms. The van der Waals surface area contributed by atoms with E-state index in [0.717, 1.165) is 31.6 Å². The van der Waals surface area contributed by atoms with E-state index in [2.05, 4.69) is 6.92 Å². The smallest absolute Gasteiger partial charge is 0.361 e. The van der Waals surface area contributed by atoms with Gasteiger partial charge in [-0.25, -0.2) is 0 Å². The second-order valence-electron chi connectivity index (χ2n) is 7.78. The monoisotopic (exact) mass is 456 g/mol. The maximum Gasteiger partial charge on any atom is 0.361 e. The van der Waals surface area contributed by atoms with Crippen LogP contribution in [0.25, 0.3) is 11.0 Å². The summed E-state index contributed by atoms with van der Waals surface area (Å²) >= 11 is 0. The molecule has 1 heterocycles. The zero-order valence-electron chi connectivity index (χ0n) is 18.0. The average molecular weight is 456 g/mol. The van der Waals surface area contributed by atoms with E-state index in [1.165, 1.54) is 44.6 Å². The van der Waals surface area contributed by atoms with Crippen LogP contribution in [0.1, 0.15) is 82.5 Å². The van der Waals surface area contributed by atoms with Gasteiger partial charge < -0.3 is 29.2 Å². The fourth-order valence-electron chi connectivity index (χ4n) is 3.40. The molecule has 174 valence electrons. The summed E-state index contributed by atoms with van der Waals surface area (Å²) in [4.78, 5) is 22.6. The molecule has 2 unspecified atom stereocenters. The number of benzene rings is 1. The Bertz CT molecular complexity index is 939. The minimum atomic E-state index is -4.53. The maximum absolute atomic E-state index is 12.5. The lowest BCUT2D eigenvalue weighted by Gasteiger charge is -2.18. The number of fused-ring (bicyclic) bond motifs is 1. The molecule has 0 aliphatic rings. The van der Waals surface area contributed by atoms with Crippen LogP contribution >= 0.6 is 7.60 Å². The molecule has 8 nitrogen and oxygen atoms in total. The quantitative estimate of drug-likeness (QED) is 0.170. The molecule has 4 N–H and O–H groups in total. The van der Waals surface area contributed by atoms with Crippen molar-refractivity contribution in [1.29, 1.82) is 0 Å². The maximum atomic E-state index is 12.5. The predicted molar refractivity (Wildman–Crippen MR) is 118 cm³/mol. The Kier molecular flexibility index (Phi) is 10.0. The third-order valence-corrected chi connectivity index (χ3v) is 6.73. The van der Waals surface area contributed by atoms with E-state index in [1.807, 2.05) is 0 Å². The molecule has 2 atom stereocenters. The number of aliphatic hydroxyl groups is 1. The number of hydrogen-bond acceptors (Lipinski definition) is 7. The molecule has 0 saturated carbocycles. The van der Waals surface area contributed by atoms with Crippen molar-refractivity contribution >= 4 is 18.6 Å². The summed E-state index contributed by atoms with van der Waals surface area (Å²) in [5.41, 5.74) is -1.52. The van der Waals surface area contributed by atoms with Gasteiger partial charge in [-0.2, -0.15) is 0 Å². The Labute approximate surface area is 182 Å². The summed E-state index contributed by atoms with van der Waals surface area (Å²) in [6.07, 6.45) is 11.9. The van der Waals surface area contributed by atoms with Gasteiger partial charge in [0.1, 0.15) is 6.26 Å². The average Bonchev–Trinajstić information content (AvgIpc) is 2.74. The van der Waals surface area contributed by atoms with Gasteiger partial charge in [0.15, 0.2) is 22.6 Å². The van der Waals surface area contributed by atoms with Crippen LogP contribution in [0.15, 0.2) is 27.6 Å². The van der Waals surface area contributed by atoms with Crippen LogP contribution in [-0.2, 0) is 9.09 Å². The molecule has 1 aromatic heterocycles. The number of phenols is 2. The van der Waals surface area contributed by atoms with E-state index in [1.54, 1.807) is 0 Å². The van der Waals surface area contributed by atoms with Crippen LogP contribution in [0.3, 0.4) is 0 Å². The van der Waals surface area contributed by atoms with Crippen LogP contribution in [0.5, 0.6) is 11.5 Å². The Balaban J connectivity index is 1.82. The summed E-state index contributed by atoms with van der Waals surface area (Å²) in [6.45, 7) is 2.19. The number of aromatic hydroxyl groups is 2. The Morgan fingerprint density at radius 1 is 1.00 bits per heavy atom. The summed E-state index contributed by atoms with van der Waals surface area (Å²) in [6, 6.07) is 2.28. The van der Waals surface area contributed by atoms with Crippen LogP contribution in [0.2, 0.25) is 0 Å². The summed E-state index contributed by atoms with van der Waals surface area (Å²) in [5, 5.41) is 29.4. The van der Waals surface area contributed by atoms with Crippen LogP contribution in [0, 0.1) is 0 Å². The molecule has 0 fully saturated rings. The SMILES string of the molecule is CCCCCCCCCCCCOP(=O)(O)C(O)c1coc2c(O)c(O)ccc2c1=O. The molecule has 0 radical (unpaired) electrons. The standard InChI is InChI=1S/C22H33O8P/c1-2-3-4-5-6-7-8-9-10-11-14-30-31(27,28)22(26)17-15-29-21-16(19(17)24)12-13-18(23)20(21)25/h12-13,15,22-23,25-26H,2-11,14H2,1H3,(H,27,28). The minimum absolute atomic E-state index is 0.00505. The fraction of sp³-hybridized carbons (Fsp3) is 0.591. The van der Waals surface area contributed by atoms with Crippen molar-refractivity contribution in [2.45, 2.75) is 77.0 Å². The minimum Gasteiger partial charge on any atom is -0.504 e. The molecular weight excluding hydrogens is 423 g/mol. The van der Waals surface area contributed by atoms with Gasteiger partial charge in [0, 0.05) is 0 Å². The lowest BCUT2D eigenvalue weighted by atomic mass is 10.1. The zero-order valence-corrected chi connectivity index (χ0v) is 18.9. The second kappa shape index (κ2) is 12.2. The molecule has 0 amide bonds. The molecule has 9 heteroatoms. The van der Waals surface area contributed by atoms with Gasteiger partial charge in [-0.15, -0.1) is 0 Å². The lowest BCUT2D eigenvalue weighted by Crippen LogP contribution is -2.15. The van der Waals surface area contributed by atoms with Crippen LogP contribution in [0.4, 0.5) is 0 Å². The van der Waals surface area contributed by atoms with Gasteiger partial charge in [-0.05, 0) is 18.6 Å². The second-order valence-corrected chi connectivity index (χ2v) is 9.66. The molecule has 1 aromatic carbocycles. The van der Waals surface area contributed by atoms with Crippen molar-refractivity contribution in [2.24, 2.45) is 0 Å². The summed E-state index contributed by atoms with van der Waals surface area (Å²) < 4.78 is 22.5. The molecule has 0 bridgehead atoms. The van der Waals surface area contributed by atoms with Gasteiger partial charge in [0.2, 0.25) is 5.75 Å². The van der Waals surface area contributed by atoms with Crippen LogP contribution < -0.4 is 5.43 Å². The van der Waals surface area contributed by atoms with E-state index >= 15 is 0 Å². The van der Waals surface area contributed by atoms with E-state index in [4.69, 9.17) is 8.94 Å². The molecule has 0 spiro atoms. The van der Waals surface area contributed by atoms with Crippen LogP contribution in [-0.4, -0.2) is 26.8 Å². The highest BCUT2D eigenvalue weighted by molar-refractivity contribution is 7.53. The van der Waals surface area contributed by atoms with E-state index in [-0.39, 0.29) is 17.6 Å². The third kappa shape index (κ3) is 7.07. The first-order valence-corrected chi connectivity index (χ1v) is 12.6. The Morgan fingerprint density at radius 2 is 1.58 bits per heavy atom. The molecule has 2 rings (SSSR count). The van der Waals surface area contributed by atoms with E-state index < -0.39 is 35.9 Å². The predicted octanol–water partition coefficient (Wildman–Crippen LogP) is 5.32. The van der Waals surface area contributed by atoms with Crippen molar-refractivity contribution in [1.82, 2.24) is 0 Å². The molecule has 0 aliphatic heterocycles. The van der Waals surface area contributed by atoms with Gasteiger partial charge in [-0.1, -0.05) is 64.7 Å². The lowest BCUT2D eigenvalue weighted by molar-refractivity contribution is 0.169. The number of hydrogen-bond donors (Lipinski definition) is 4. The number of rotatable bonds is 14. The van der Waals surface area contributed by atoms with Crippen molar-refractivity contribution in [2.75, 3.05) is 6.61 Å². The molecule has 0 saturated heterocycles. The molecule has 0 aliphatic carbocycles. The summed E-state index contributed by atoms with van der Waals surface area (Å²) in [5.74, 6) is -3.18. The first-order valence-electron chi connectivity index (χ1n) is 10.9. The topological polar surface area (TPSA) is 137 Å². The Morgan fingerprint density at radius 3 is 2.19 bits per heavy atom. The highest BCUT2D eigenvalue weighted by atomic mass is 31.2. The first-order chi connectivity index (χ1) is 14.8. The van der Waals surface area contributed by atoms with Gasteiger partial charge in [0.25, 0.3) is 0 Å². The van der Waals surface area contributed by atoms with E-state index in [0.29, 0.717) is 6.42 Å². The normalized spacial score (nSPS) is 14.5. The van der Waals surface area contributed by atoms with E-state index in [9.17, 15) is 29.6 Å². The molecule has 2 aromatic rings. The molecular formula is C22H33O8P. The zero-order chi connectivity index (χ0) is 22.9. The summed E-state index contributed by atoms with van der Waals surface area (Å²) in [7, 11) is -4.53. The Hall–Kier alpha value is -1.86. The van der Waals surface area contributed by atoms with Gasteiger partial charge in [-0.3, -0.25) is 9.36 Å². The van der Waals surface area contributed by atoms with Crippen molar-refractivity contribution < 1.29 is 33.7 Å². The fourth-order valence-corrected chi connectivity index (χ4v) is 4.46. The number of phenolic OH excluding ortho intramolecular Hbond substituents is 2. The van der Waals surface area contributed by atoms with Crippen molar-refractivity contribution in [3.63, 3.8) is 0 Å². The van der Waals surface area contributed by atoms with Gasteiger partial charge in [0.05, 0.1) is 17.6 Å². The highest BCUT2D eigenvalue weighted by Crippen LogP contribution is 2.54. The van der Waals surface area contributed by atoms with Crippen molar-refractivity contribution in [3.8, 4) is 11.5 Å². The number of unbranched alkanes of at least 4 members (excludes halogenated alkanes) is 9. The first kappa shape index (κ1) is 25.4. The van der Waals surface area contributed by atoms with Crippen molar-refractivity contribution in [3.05, 3.63) is 34.2 Å². The number of aliphatic hydroxyl groups excluding tert-OH is 1. The highest BCUT2D eigenvalue weighted by Gasteiger charge is 2.35. The third-order valence-electron chi connectivity index (χ3n) is 5.28. The largest absolute Gasteiger partial charge is 0.504 e.